The lowest BCUT2D eigenvalue weighted by Gasteiger charge is -2.09. The van der Waals surface area contributed by atoms with E-state index < -0.39 is 0 Å². The first-order chi connectivity index (χ1) is 8.78. The van der Waals surface area contributed by atoms with Gasteiger partial charge in [-0.3, -0.25) is 4.98 Å². The Hall–Kier alpha value is -2.23. The topological polar surface area (TPSA) is 40.6 Å². The summed E-state index contributed by atoms with van der Waals surface area (Å²) in [6, 6.07) is 7.72. The number of hydrogen-bond acceptors (Lipinski definition) is 4. The molecule has 0 N–H and O–H groups in total. The largest absolute Gasteiger partial charge is 0.496 e. The van der Waals surface area contributed by atoms with Crippen LogP contribution in [0.25, 0.3) is 11.3 Å². The lowest BCUT2D eigenvalue weighted by Crippen LogP contribution is -1.92. The van der Waals surface area contributed by atoms with Crippen molar-refractivity contribution in [3.05, 3.63) is 36.0 Å². The first-order valence-corrected chi connectivity index (χ1v) is 5.68. The molecule has 0 saturated carbocycles. The number of nitrogens with zero attached hydrogens (tertiary/aromatic N) is 1. The number of aryl methyl sites for hydroxylation is 1. The van der Waals surface area contributed by atoms with Crippen LogP contribution < -0.4 is 14.2 Å². The van der Waals surface area contributed by atoms with E-state index >= 15 is 0 Å². The molecule has 1 aromatic heterocycles. The molecule has 0 spiro atoms. The Morgan fingerprint density at radius 1 is 1.17 bits per heavy atom. The minimum Gasteiger partial charge on any atom is -0.496 e. The third kappa shape index (κ3) is 1.76. The van der Waals surface area contributed by atoms with Gasteiger partial charge in [0.15, 0.2) is 11.5 Å². The number of benzene rings is 1. The first kappa shape index (κ1) is 10.9. The van der Waals surface area contributed by atoms with Crippen molar-refractivity contribution in [3.8, 4) is 28.5 Å². The molecule has 2 aromatic rings. The molecule has 0 amide bonds. The molecule has 1 aromatic carbocycles. The highest BCUT2D eigenvalue weighted by Crippen LogP contribution is 2.41. The Balaban J connectivity index is 2.13. The van der Waals surface area contributed by atoms with Crippen molar-refractivity contribution in [1.29, 1.82) is 0 Å². The third-order valence-corrected chi connectivity index (χ3v) is 2.88. The molecule has 0 aliphatic carbocycles. The van der Waals surface area contributed by atoms with Gasteiger partial charge in [-0.15, -0.1) is 0 Å². The monoisotopic (exact) mass is 243 g/mol. The van der Waals surface area contributed by atoms with Gasteiger partial charge in [-0.25, -0.2) is 0 Å². The van der Waals surface area contributed by atoms with Gasteiger partial charge in [-0.2, -0.15) is 0 Å². The van der Waals surface area contributed by atoms with Crippen molar-refractivity contribution in [1.82, 2.24) is 4.98 Å². The standard InChI is InChI=1S/C14H13NO3/c1-9-3-4-11(15-7-9)10-5-13-14(18-8-17-13)6-12(10)16-2/h3-7H,8H2,1-2H3. The number of methoxy groups -OCH3 is 1. The minimum atomic E-state index is 0.253. The molecule has 4 nitrogen and oxygen atoms in total. The van der Waals surface area contributed by atoms with E-state index in [2.05, 4.69) is 4.98 Å². The van der Waals surface area contributed by atoms with Crippen LogP contribution in [0.2, 0.25) is 0 Å². The Labute approximate surface area is 105 Å². The smallest absolute Gasteiger partial charge is 0.231 e. The molecule has 0 atom stereocenters. The van der Waals surface area contributed by atoms with Gasteiger partial charge >= 0.3 is 0 Å². The summed E-state index contributed by atoms with van der Waals surface area (Å²) in [7, 11) is 1.63. The molecule has 92 valence electrons. The van der Waals surface area contributed by atoms with Gasteiger partial charge in [0.25, 0.3) is 0 Å². The second-order valence-corrected chi connectivity index (χ2v) is 4.13. The Bertz CT molecular complexity index is 578. The van der Waals surface area contributed by atoms with Crippen molar-refractivity contribution in [2.24, 2.45) is 0 Å². The molecular weight excluding hydrogens is 230 g/mol. The molecule has 3 rings (SSSR count). The van der Waals surface area contributed by atoms with Crippen LogP contribution in [0, 0.1) is 6.92 Å². The van der Waals surface area contributed by atoms with E-state index in [1.165, 1.54) is 0 Å². The van der Waals surface area contributed by atoms with Crippen LogP contribution in [0.15, 0.2) is 30.5 Å². The highest BCUT2D eigenvalue weighted by molar-refractivity contribution is 5.72. The SMILES string of the molecule is COc1cc2c(cc1-c1ccc(C)cn1)OCO2. The van der Waals surface area contributed by atoms with Gasteiger partial charge < -0.3 is 14.2 Å². The molecule has 0 saturated heterocycles. The summed E-state index contributed by atoms with van der Waals surface area (Å²) >= 11 is 0. The fraction of sp³-hybridized carbons (Fsp3) is 0.214. The number of ether oxygens (including phenoxy) is 3. The average Bonchev–Trinajstić information content (AvgIpc) is 2.85. The van der Waals surface area contributed by atoms with Crippen molar-refractivity contribution < 1.29 is 14.2 Å². The van der Waals surface area contributed by atoms with Crippen LogP contribution in [0.3, 0.4) is 0 Å². The fourth-order valence-corrected chi connectivity index (χ4v) is 1.92. The second kappa shape index (κ2) is 4.22. The second-order valence-electron chi connectivity index (χ2n) is 4.13. The summed E-state index contributed by atoms with van der Waals surface area (Å²) in [6.45, 7) is 2.26. The molecule has 4 heteroatoms. The lowest BCUT2D eigenvalue weighted by atomic mass is 10.1. The van der Waals surface area contributed by atoms with Crippen molar-refractivity contribution in [2.75, 3.05) is 13.9 Å². The zero-order valence-electron chi connectivity index (χ0n) is 10.3. The molecule has 0 fully saturated rings. The molecular formula is C14H13NO3. The molecule has 1 aliphatic rings. The maximum Gasteiger partial charge on any atom is 0.231 e. The summed E-state index contributed by atoms with van der Waals surface area (Å²) in [4.78, 5) is 4.41. The average molecular weight is 243 g/mol. The zero-order valence-corrected chi connectivity index (χ0v) is 10.3. The predicted octanol–water partition coefficient (Wildman–Crippen LogP) is 2.79. The Morgan fingerprint density at radius 3 is 2.61 bits per heavy atom. The third-order valence-electron chi connectivity index (χ3n) is 2.88. The maximum absolute atomic E-state index is 5.38. The van der Waals surface area contributed by atoms with Crippen molar-refractivity contribution >= 4 is 0 Å². The molecule has 0 radical (unpaired) electrons. The summed E-state index contributed by atoms with van der Waals surface area (Å²) < 4.78 is 16.1. The summed E-state index contributed by atoms with van der Waals surface area (Å²) in [6.07, 6.45) is 1.83. The first-order valence-electron chi connectivity index (χ1n) is 5.68. The number of hydrogen-bond donors (Lipinski definition) is 0. The van der Waals surface area contributed by atoms with Crippen LogP contribution in [-0.4, -0.2) is 18.9 Å². The van der Waals surface area contributed by atoms with E-state index in [0.29, 0.717) is 5.75 Å². The van der Waals surface area contributed by atoms with Gasteiger partial charge in [0, 0.05) is 17.8 Å². The molecule has 1 aliphatic heterocycles. The lowest BCUT2D eigenvalue weighted by molar-refractivity contribution is 0.174. The molecule has 0 unspecified atom stereocenters. The highest BCUT2D eigenvalue weighted by Gasteiger charge is 2.19. The normalized spacial score (nSPS) is 12.6. The van der Waals surface area contributed by atoms with Gasteiger partial charge in [-0.1, -0.05) is 6.07 Å². The van der Waals surface area contributed by atoms with Crippen LogP contribution >= 0.6 is 0 Å². The fourth-order valence-electron chi connectivity index (χ4n) is 1.92. The number of fused-ring (bicyclic) bond motifs is 1. The Kier molecular flexibility index (Phi) is 2.55. The number of aromatic nitrogens is 1. The number of rotatable bonds is 2. The van der Waals surface area contributed by atoms with E-state index in [1.54, 1.807) is 7.11 Å². The van der Waals surface area contributed by atoms with E-state index in [1.807, 2.05) is 37.4 Å². The van der Waals surface area contributed by atoms with Crippen LogP contribution in [0.5, 0.6) is 17.2 Å². The summed E-state index contributed by atoms with van der Waals surface area (Å²) in [5.74, 6) is 2.17. The van der Waals surface area contributed by atoms with E-state index in [-0.39, 0.29) is 6.79 Å². The molecule has 2 heterocycles. The van der Waals surface area contributed by atoms with E-state index in [9.17, 15) is 0 Å². The summed E-state index contributed by atoms with van der Waals surface area (Å²) in [5.41, 5.74) is 2.89. The maximum atomic E-state index is 5.38. The minimum absolute atomic E-state index is 0.253. The van der Waals surface area contributed by atoms with E-state index in [0.717, 1.165) is 28.3 Å². The molecule has 18 heavy (non-hydrogen) atoms. The zero-order chi connectivity index (χ0) is 12.5. The van der Waals surface area contributed by atoms with Crippen LogP contribution in [0.4, 0.5) is 0 Å². The van der Waals surface area contributed by atoms with Gasteiger partial charge in [0.05, 0.1) is 12.8 Å². The van der Waals surface area contributed by atoms with E-state index in [4.69, 9.17) is 14.2 Å². The quantitative estimate of drug-likeness (QED) is 0.813. The Morgan fingerprint density at radius 2 is 1.94 bits per heavy atom. The van der Waals surface area contributed by atoms with Gasteiger partial charge in [0.2, 0.25) is 6.79 Å². The van der Waals surface area contributed by atoms with Crippen LogP contribution in [0.1, 0.15) is 5.56 Å². The summed E-state index contributed by atoms with van der Waals surface area (Å²) in [5, 5.41) is 0. The highest BCUT2D eigenvalue weighted by atomic mass is 16.7. The van der Waals surface area contributed by atoms with Crippen molar-refractivity contribution in [2.45, 2.75) is 6.92 Å². The number of pyridine rings is 1. The van der Waals surface area contributed by atoms with Crippen molar-refractivity contribution in [3.63, 3.8) is 0 Å². The van der Waals surface area contributed by atoms with Gasteiger partial charge in [0.1, 0.15) is 5.75 Å². The van der Waals surface area contributed by atoms with Gasteiger partial charge in [-0.05, 0) is 24.6 Å². The predicted molar refractivity (Wildman–Crippen MR) is 67.1 cm³/mol. The van der Waals surface area contributed by atoms with Crippen LogP contribution in [-0.2, 0) is 0 Å². The molecule has 0 bridgehead atoms.